The molecule has 1 unspecified atom stereocenters. The number of ether oxygens (including phenoxy) is 1. The Balaban J connectivity index is 2.53. The number of hydrogen-bond donors (Lipinski definition) is 2. The number of rotatable bonds is 6. The van der Waals surface area contributed by atoms with Crippen molar-refractivity contribution in [3.8, 4) is 0 Å². The quantitative estimate of drug-likeness (QED) is 0.781. The van der Waals surface area contributed by atoms with E-state index in [9.17, 15) is 4.79 Å². The maximum absolute atomic E-state index is 11.8. The number of hydrogen-bond acceptors (Lipinski definition) is 4. The predicted molar refractivity (Wildman–Crippen MR) is 80.9 cm³/mol. The van der Waals surface area contributed by atoms with E-state index in [4.69, 9.17) is 4.74 Å². The Morgan fingerprint density at radius 2 is 2.10 bits per heavy atom. The molecule has 1 aromatic rings. The van der Waals surface area contributed by atoms with Crippen LogP contribution < -0.4 is 10.6 Å². The van der Waals surface area contributed by atoms with Crippen molar-refractivity contribution >= 4 is 11.7 Å². The zero-order chi connectivity index (χ0) is 15.2. The van der Waals surface area contributed by atoms with Crippen LogP contribution in [0.2, 0.25) is 0 Å². The monoisotopic (exact) mass is 279 g/mol. The Morgan fingerprint density at radius 1 is 1.40 bits per heavy atom. The summed E-state index contributed by atoms with van der Waals surface area (Å²) in [6.45, 7) is 9.26. The van der Waals surface area contributed by atoms with Crippen LogP contribution in [0.15, 0.2) is 18.3 Å². The van der Waals surface area contributed by atoms with Gasteiger partial charge >= 0.3 is 0 Å². The highest BCUT2D eigenvalue weighted by Crippen LogP contribution is 2.21. The molecule has 0 radical (unpaired) electrons. The normalized spacial score (nSPS) is 12.8. The topological polar surface area (TPSA) is 63.2 Å². The van der Waals surface area contributed by atoms with Crippen LogP contribution in [0.5, 0.6) is 0 Å². The Morgan fingerprint density at radius 3 is 2.60 bits per heavy atom. The van der Waals surface area contributed by atoms with Crippen LogP contribution in [0.4, 0.5) is 5.82 Å². The first kappa shape index (κ1) is 16.4. The van der Waals surface area contributed by atoms with Gasteiger partial charge in [0.2, 0.25) is 5.91 Å². The average Bonchev–Trinajstić information content (AvgIpc) is 2.38. The van der Waals surface area contributed by atoms with Crippen molar-refractivity contribution in [1.29, 1.82) is 0 Å². The van der Waals surface area contributed by atoms with Crippen LogP contribution in [-0.4, -0.2) is 37.2 Å². The van der Waals surface area contributed by atoms with Gasteiger partial charge in [0, 0.05) is 19.9 Å². The molecule has 0 saturated heterocycles. The summed E-state index contributed by atoms with van der Waals surface area (Å²) in [4.78, 5) is 16.1. The van der Waals surface area contributed by atoms with E-state index in [0.29, 0.717) is 19.0 Å². The highest BCUT2D eigenvalue weighted by molar-refractivity contribution is 5.83. The number of anilines is 1. The Bertz CT molecular complexity index is 424. The number of nitrogens with one attached hydrogen (secondary N) is 2. The Hall–Kier alpha value is -1.62. The lowest BCUT2D eigenvalue weighted by Gasteiger charge is -2.19. The van der Waals surface area contributed by atoms with E-state index < -0.39 is 0 Å². The Labute approximate surface area is 121 Å². The lowest BCUT2D eigenvalue weighted by atomic mass is 9.88. The molecule has 0 aromatic carbocycles. The largest absolute Gasteiger partial charge is 0.383 e. The molecule has 0 aliphatic rings. The molecule has 2 N–H and O–H groups in total. The zero-order valence-electron chi connectivity index (χ0n) is 13.0. The number of carbonyl (C=O) groups is 1. The molecule has 0 saturated carbocycles. The fourth-order valence-electron chi connectivity index (χ4n) is 1.64. The maximum Gasteiger partial charge on any atom is 0.242 e. The second-order valence-electron chi connectivity index (χ2n) is 5.83. The SMILES string of the molecule is COCCNC(=O)C(C)Nc1ccc(C(C)(C)C)cn1. The minimum Gasteiger partial charge on any atom is -0.383 e. The van der Waals surface area contributed by atoms with E-state index in [-0.39, 0.29) is 17.4 Å². The van der Waals surface area contributed by atoms with Crippen molar-refractivity contribution in [3.05, 3.63) is 23.9 Å². The minimum absolute atomic E-state index is 0.0660. The summed E-state index contributed by atoms with van der Waals surface area (Å²) in [5.74, 6) is 0.635. The van der Waals surface area contributed by atoms with Crippen molar-refractivity contribution < 1.29 is 9.53 Å². The van der Waals surface area contributed by atoms with Gasteiger partial charge in [0.05, 0.1) is 6.61 Å². The fourth-order valence-corrected chi connectivity index (χ4v) is 1.64. The maximum atomic E-state index is 11.8. The lowest BCUT2D eigenvalue weighted by Crippen LogP contribution is -2.39. The second kappa shape index (κ2) is 7.24. The standard InChI is InChI=1S/C15H25N3O2/c1-11(14(19)16-8-9-20-5)18-13-7-6-12(10-17-13)15(2,3)4/h6-7,10-11H,8-9H2,1-5H3,(H,16,19)(H,17,18). The van der Waals surface area contributed by atoms with E-state index in [1.165, 1.54) is 5.56 Å². The second-order valence-corrected chi connectivity index (χ2v) is 5.83. The molecular weight excluding hydrogens is 254 g/mol. The van der Waals surface area contributed by atoms with E-state index in [0.717, 1.165) is 0 Å². The number of amides is 1. The molecule has 1 heterocycles. The predicted octanol–water partition coefficient (Wildman–Crippen LogP) is 1.94. The third-order valence-corrected chi connectivity index (χ3v) is 2.99. The third-order valence-electron chi connectivity index (χ3n) is 2.99. The van der Waals surface area contributed by atoms with Gasteiger partial charge in [0.25, 0.3) is 0 Å². The van der Waals surface area contributed by atoms with Crippen molar-refractivity contribution in [2.75, 3.05) is 25.6 Å². The molecule has 5 heteroatoms. The molecule has 1 amide bonds. The fraction of sp³-hybridized carbons (Fsp3) is 0.600. The van der Waals surface area contributed by atoms with Gasteiger partial charge < -0.3 is 15.4 Å². The summed E-state index contributed by atoms with van der Waals surface area (Å²) in [7, 11) is 1.61. The minimum atomic E-state index is -0.333. The summed E-state index contributed by atoms with van der Waals surface area (Å²) in [6.07, 6.45) is 1.85. The Kier molecular flexibility index (Phi) is 5.95. The summed E-state index contributed by atoms with van der Waals surface area (Å²) >= 11 is 0. The molecule has 20 heavy (non-hydrogen) atoms. The number of aromatic nitrogens is 1. The summed E-state index contributed by atoms with van der Waals surface area (Å²) in [5, 5.41) is 5.87. The van der Waals surface area contributed by atoms with E-state index in [2.05, 4.69) is 36.4 Å². The zero-order valence-corrected chi connectivity index (χ0v) is 13.0. The number of carbonyl (C=O) groups excluding carboxylic acids is 1. The molecule has 1 aromatic heterocycles. The molecule has 1 atom stereocenters. The highest BCUT2D eigenvalue weighted by atomic mass is 16.5. The van der Waals surface area contributed by atoms with E-state index >= 15 is 0 Å². The van der Waals surface area contributed by atoms with Gasteiger partial charge in [-0.1, -0.05) is 26.8 Å². The molecule has 0 aliphatic carbocycles. The van der Waals surface area contributed by atoms with Crippen LogP contribution >= 0.6 is 0 Å². The van der Waals surface area contributed by atoms with Crippen molar-refractivity contribution in [2.45, 2.75) is 39.2 Å². The molecule has 0 spiro atoms. The summed E-state index contributed by atoms with van der Waals surface area (Å²) in [5.41, 5.74) is 1.24. The molecular formula is C15H25N3O2. The van der Waals surface area contributed by atoms with E-state index in [1.54, 1.807) is 7.11 Å². The lowest BCUT2D eigenvalue weighted by molar-refractivity contribution is -0.121. The van der Waals surface area contributed by atoms with Crippen LogP contribution in [0, 0.1) is 0 Å². The first-order chi connectivity index (χ1) is 9.34. The molecule has 0 aliphatic heterocycles. The van der Waals surface area contributed by atoms with Crippen LogP contribution in [0.1, 0.15) is 33.3 Å². The summed E-state index contributed by atoms with van der Waals surface area (Å²) < 4.78 is 4.89. The van der Waals surface area contributed by atoms with Gasteiger partial charge in [-0.15, -0.1) is 0 Å². The van der Waals surface area contributed by atoms with Gasteiger partial charge in [-0.2, -0.15) is 0 Å². The number of methoxy groups -OCH3 is 1. The van der Waals surface area contributed by atoms with Crippen molar-refractivity contribution in [2.24, 2.45) is 0 Å². The molecule has 5 nitrogen and oxygen atoms in total. The van der Waals surface area contributed by atoms with Gasteiger partial charge in [0.15, 0.2) is 0 Å². The molecule has 0 bridgehead atoms. The number of pyridine rings is 1. The highest BCUT2D eigenvalue weighted by Gasteiger charge is 2.15. The van der Waals surface area contributed by atoms with Crippen LogP contribution in [-0.2, 0) is 14.9 Å². The van der Waals surface area contributed by atoms with Crippen molar-refractivity contribution in [1.82, 2.24) is 10.3 Å². The van der Waals surface area contributed by atoms with Crippen molar-refractivity contribution in [3.63, 3.8) is 0 Å². The molecule has 0 fully saturated rings. The average molecular weight is 279 g/mol. The first-order valence-corrected chi connectivity index (χ1v) is 6.84. The van der Waals surface area contributed by atoms with Crippen LogP contribution in [0.3, 0.4) is 0 Å². The molecule has 112 valence electrons. The molecule has 1 rings (SSSR count). The third kappa shape index (κ3) is 5.17. The van der Waals surface area contributed by atoms with Gasteiger partial charge in [0.1, 0.15) is 11.9 Å². The van der Waals surface area contributed by atoms with Gasteiger partial charge in [-0.25, -0.2) is 4.98 Å². The number of nitrogens with zero attached hydrogens (tertiary/aromatic N) is 1. The van der Waals surface area contributed by atoms with Gasteiger partial charge in [-0.05, 0) is 24.0 Å². The summed E-state index contributed by atoms with van der Waals surface area (Å²) in [6, 6.07) is 3.60. The van der Waals surface area contributed by atoms with Crippen LogP contribution in [0.25, 0.3) is 0 Å². The van der Waals surface area contributed by atoms with Gasteiger partial charge in [-0.3, -0.25) is 4.79 Å². The smallest absolute Gasteiger partial charge is 0.242 e. The van der Waals surface area contributed by atoms with E-state index in [1.807, 2.05) is 25.3 Å². The first-order valence-electron chi connectivity index (χ1n) is 6.84.